The van der Waals surface area contributed by atoms with Crippen molar-refractivity contribution in [3.05, 3.63) is 29.3 Å². The van der Waals surface area contributed by atoms with Gasteiger partial charge >= 0.3 is 0 Å². The highest BCUT2D eigenvalue weighted by molar-refractivity contribution is 5.61. The van der Waals surface area contributed by atoms with E-state index in [-0.39, 0.29) is 0 Å². The molecule has 0 atom stereocenters. The predicted molar refractivity (Wildman–Crippen MR) is 85.3 cm³/mol. The monoisotopic (exact) mass is 276 g/mol. The normalized spacial score (nSPS) is 13.8. The topological polar surface area (TPSA) is 24.5 Å². The van der Waals surface area contributed by atoms with E-state index < -0.39 is 0 Å². The summed E-state index contributed by atoms with van der Waals surface area (Å²) in [4.78, 5) is 2.57. The maximum atomic E-state index is 5.28. The molecule has 0 fully saturated rings. The maximum Gasteiger partial charge on any atom is 0.0589 e. The Hall–Kier alpha value is -1.06. The quantitative estimate of drug-likeness (QED) is 0.788. The largest absolute Gasteiger partial charge is 0.384 e. The molecular formula is C17H28N2O. The van der Waals surface area contributed by atoms with Gasteiger partial charge in [0.15, 0.2) is 0 Å². The average Bonchev–Trinajstić information content (AvgIpc) is 2.95. The molecule has 1 heterocycles. The lowest BCUT2D eigenvalue weighted by Crippen LogP contribution is -2.36. The van der Waals surface area contributed by atoms with Crippen LogP contribution in [0.5, 0.6) is 0 Å². The van der Waals surface area contributed by atoms with Gasteiger partial charge in [-0.15, -0.1) is 0 Å². The molecule has 0 amide bonds. The molecular weight excluding hydrogens is 248 g/mol. The Morgan fingerprint density at radius 3 is 2.80 bits per heavy atom. The van der Waals surface area contributed by atoms with Crippen LogP contribution >= 0.6 is 0 Å². The Morgan fingerprint density at radius 2 is 2.10 bits per heavy atom. The van der Waals surface area contributed by atoms with Crippen molar-refractivity contribution in [3.8, 4) is 0 Å². The van der Waals surface area contributed by atoms with Crippen LogP contribution in [0.4, 0.5) is 5.69 Å². The standard InChI is InChI=1S/C17H28N2O/c1-4-16(5-2)19(11-12-20-3)13-15-8-6-7-14-9-10-18-17(14)15/h6-8,16,18H,4-5,9-13H2,1-3H3. The number of hydrogen-bond donors (Lipinski definition) is 1. The summed E-state index contributed by atoms with van der Waals surface area (Å²) in [5.74, 6) is 0. The molecule has 20 heavy (non-hydrogen) atoms. The van der Waals surface area contributed by atoms with Crippen LogP contribution in [0.25, 0.3) is 0 Å². The number of nitrogens with zero attached hydrogens (tertiary/aromatic N) is 1. The molecule has 1 aliphatic heterocycles. The molecule has 0 saturated carbocycles. The first-order valence-corrected chi connectivity index (χ1v) is 7.87. The van der Waals surface area contributed by atoms with Gasteiger partial charge in [0, 0.05) is 38.5 Å². The Labute approximate surface area is 123 Å². The van der Waals surface area contributed by atoms with E-state index in [4.69, 9.17) is 4.74 Å². The summed E-state index contributed by atoms with van der Waals surface area (Å²) in [7, 11) is 1.78. The first-order chi connectivity index (χ1) is 9.80. The van der Waals surface area contributed by atoms with Crippen molar-refractivity contribution in [2.75, 3.05) is 32.1 Å². The molecule has 0 unspecified atom stereocenters. The van der Waals surface area contributed by atoms with E-state index in [9.17, 15) is 0 Å². The highest BCUT2D eigenvalue weighted by atomic mass is 16.5. The van der Waals surface area contributed by atoms with Crippen molar-refractivity contribution in [1.82, 2.24) is 4.90 Å². The van der Waals surface area contributed by atoms with Gasteiger partial charge in [-0.2, -0.15) is 0 Å². The molecule has 1 aromatic carbocycles. The first-order valence-electron chi connectivity index (χ1n) is 7.87. The van der Waals surface area contributed by atoms with Crippen molar-refractivity contribution >= 4 is 5.69 Å². The van der Waals surface area contributed by atoms with E-state index in [1.807, 2.05) is 0 Å². The summed E-state index contributed by atoms with van der Waals surface area (Å²) >= 11 is 0. The van der Waals surface area contributed by atoms with Crippen molar-refractivity contribution in [2.24, 2.45) is 0 Å². The van der Waals surface area contributed by atoms with Gasteiger partial charge in [-0.05, 0) is 30.4 Å². The highest BCUT2D eigenvalue weighted by Gasteiger charge is 2.19. The molecule has 1 aliphatic rings. The molecule has 0 spiro atoms. The summed E-state index contributed by atoms with van der Waals surface area (Å²) in [6, 6.07) is 7.35. The van der Waals surface area contributed by atoms with Gasteiger partial charge < -0.3 is 10.1 Å². The third kappa shape index (κ3) is 3.53. The second kappa shape index (κ2) is 7.65. The zero-order valence-electron chi connectivity index (χ0n) is 13.1. The lowest BCUT2D eigenvalue weighted by atomic mass is 10.0. The predicted octanol–water partition coefficient (Wildman–Crippen LogP) is 3.29. The number of methoxy groups -OCH3 is 1. The fourth-order valence-corrected chi connectivity index (χ4v) is 3.17. The van der Waals surface area contributed by atoms with Gasteiger partial charge in [-0.25, -0.2) is 0 Å². The molecule has 2 rings (SSSR count). The minimum atomic E-state index is 0.641. The van der Waals surface area contributed by atoms with Crippen LogP contribution in [0.1, 0.15) is 37.8 Å². The SMILES string of the molecule is CCC(CC)N(CCOC)Cc1cccc2c1NCC2. The fraction of sp³-hybridized carbons (Fsp3) is 0.647. The molecule has 0 saturated heterocycles. The molecule has 0 aliphatic carbocycles. The Kier molecular flexibility index (Phi) is 5.86. The fourth-order valence-electron chi connectivity index (χ4n) is 3.17. The van der Waals surface area contributed by atoms with Gasteiger partial charge in [-0.1, -0.05) is 32.0 Å². The first kappa shape index (κ1) is 15.3. The zero-order valence-corrected chi connectivity index (χ0v) is 13.1. The number of anilines is 1. The summed E-state index contributed by atoms with van der Waals surface area (Å²) in [5, 5.41) is 3.55. The Morgan fingerprint density at radius 1 is 1.30 bits per heavy atom. The second-order valence-corrected chi connectivity index (χ2v) is 5.56. The minimum absolute atomic E-state index is 0.641. The van der Waals surface area contributed by atoms with E-state index >= 15 is 0 Å². The molecule has 112 valence electrons. The highest BCUT2D eigenvalue weighted by Crippen LogP contribution is 2.28. The summed E-state index contributed by atoms with van der Waals surface area (Å²) < 4.78 is 5.28. The van der Waals surface area contributed by atoms with Crippen molar-refractivity contribution < 1.29 is 4.74 Å². The summed E-state index contributed by atoms with van der Waals surface area (Å²) in [6.07, 6.45) is 3.55. The maximum absolute atomic E-state index is 5.28. The number of para-hydroxylation sites is 1. The Balaban J connectivity index is 2.12. The van der Waals surface area contributed by atoms with Crippen molar-refractivity contribution in [3.63, 3.8) is 0 Å². The van der Waals surface area contributed by atoms with Crippen LogP contribution in [0.2, 0.25) is 0 Å². The van der Waals surface area contributed by atoms with Crippen LogP contribution in [0.15, 0.2) is 18.2 Å². The molecule has 1 aromatic rings. The number of hydrogen-bond acceptors (Lipinski definition) is 3. The van der Waals surface area contributed by atoms with Crippen molar-refractivity contribution in [1.29, 1.82) is 0 Å². The van der Waals surface area contributed by atoms with Gasteiger partial charge in [-0.3, -0.25) is 4.90 Å². The molecule has 1 N–H and O–H groups in total. The zero-order chi connectivity index (χ0) is 14.4. The Bertz CT molecular complexity index is 415. The van der Waals surface area contributed by atoms with Crippen LogP contribution in [-0.4, -0.2) is 37.7 Å². The second-order valence-electron chi connectivity index (χ2n) is 5.56. The number of ether oxygens (including phenoxy) is 1. The van der Waals surface area contributed by atoms with Gasteiger partial charge in [0.2, 0.25) is 0 Å². The smallest absolute Gasteiger partial charge is 0.0589 e. The number of fused-ring (bicyclic) bond motifs is 1. The number of rotatable bonds is 8. The van der Waals surface area contributed by atoms with Gasteiger partial charge in [0.05, 0.1) is 6.61 Å². The third-order valence-electron chi connectivity index (χ3n) is 4.35. The molecule has 0 radical (unpaired) electrons. The van der Waals surface area contributed by atoms with E-state index in [0.29, 0.717) is 6.04 Å². The van der Waals surface area contributed by atoms with Crippen LogP contribution in [-0.2, 0) is 17.7 Å². The average molecular weight is 276 g/mol. The van der Waals surface area contributed by atoms with Gasteiger partial charge in [0.25, 0.3) is 0 Å². The summed E-state index contributed by atoms with van der Waals surface area (Å²) in [5.41, 5.74) is 4.28. The van der Waals surface area contributed by atoms with E-state index in [2.05, 4.69) is 42.3 Å². The molecule has 3 heteroatoms. The molecule has 0 aromatic heterocycles. The third-order valence-corrected chi connectivity index (χ3v) is 4.35. The lowest BCUT2D eigenvalue weighted by Gasteiger charge is -2.31. The lowest BCUT2D eigenvalue weighted by molar-refractivity contribution is 0.110. The van der Waals surface area contributed by atoms with E-state index in [1.54, 1.807) is 7.11 Å². The molecule has 3 nitrogen and oxygen atoms in total. The van der Waals surface area contributed by atoms with E-state index in [0.717, 1.165) is 32.7 Å². The number of nitrogens with one attached hydrogen (secondary N) is 1. The van der Waals surface area contributed by atoms with Crippen LogP contribution < -0.4 is 5.32 Å². The number of benzene rings is 1. The molecule has 0 bridgehead atoms. The van der Waals surface area contributed by atoms with Crippen LogP contribution in [0, 0.1) is 0 Å². The van der Waals surface area contributed by atoms with Crippen molar-refractivity contribution in [2.45, 2.75) is 45.7 Å². The summed E-state index contributed by atoms with van der Waals surface area (Å²) in [6.45, 7) is 8.47. The minimum Gasteiger partial charge on any atom is -0.384 e. The van der Waals surface area contributed by atoms with Gasteiger partial charge in [0.1, 0.15) is 0 Å². The van der Waals surface area contributed by atoms with E-state index in [1.165, 1.54) is 29.7 Å². The van der Waals surface area contributed by atoms with Crippen LogP contribution in [0.3, 0.4) is 0 Å².